The summed E-state index contributed by atoms with van der Waals surface area (Å²) in [5.41, 5.74) is 1.42. The summed E-state index contributed by atoms with van der Waals surface area (Å²) in [5.74, 6) is -5.50. The number of hydrogen-bond acceptors (Lipinski definition) is 7. The van der Waals surface area contributed by atoms with E-state index in [1.165, 1.54) is 23.9 Å². The average molecular weight is 601 g/mol. The maximum atomic E-state index is 13.8. The molecule has 14 heteroatoms. The molecule has 0 fully saturated rings. The SMILES string of the molecule is O=C(O)c1cc2c(s1)-c1cc(F)cc(F)c1S(=O)(=O)C2.O=C(O)c1cc2c(s1)-c1cc(F)cc(F)c1SC2. The number of rotatable bonds is 2. The Labute approximate surface area is 224 Å². The molecule has 196 valence electrons. The van der Waals surface area contributed by atoms with Crippen LogP contribution in [0.15, 0.2) is 46.2 Å². The first-order valence-corrected chi connectivity index (χ1v) is 14.7. The van der Waals surface area contributed by atoms with E-state index < -0.39 is 55.7 Å². The van der Waals surface area contributed by atoms with Crippen molar-refractivity contribution in [2.24, 2.45) is 0 Å². The molecule has 38 heavy (non-hydrogen) atoms. The van der Waals surface area contributed by atoms with Crippen LogP contribution in [0.5, 0.6) is 0 Å². The molecule has 0 atom stereocenters. The fourth-order valence-corrected chi connectivity index (χ4v) is 9.16. The first kappa shape index (κ1) is 26.4. The maximum absolute atomic E-state index is 13.8. The molecule has 0 saturated carbocycles. The molecule has 4 heterocycles. The zero-order valence-electron chi connectivity index (χ0n) is 18.6. The van der Waals surface area contributed by atoms with Crippen LogP contribution in [-0.4, -0.2) is 30.6 Å². The second-order valence-corrected chi connectivity index (χ2v) is 13.1. The average Bonchev–Trinajstić information content (AvgIpc) is 3.43. The summed E-state index contributed by atoms with van der Waals surface area (Å²) >= 11 is 3.13. The van der Waals surface area contributed by atoms with Gasteiger partial charge >= 0.3 is 11.9 Å². The van der Waals surface area contributed by atoms with Crippen molar-refractivity contribution in [3.8, 4) is 20.9 Å². The largest absolute Gasteiger partial charge is 0.477 e. The molecule has 0 spiro atoms. The van der Waals surface area contributed by atoms with Gasteiger partial charge in [-0.25, -0.2) is 35.6 Å². The van der Waals surface area contributed by atoms with Crippen LogP contribution in [0.4, 0.5) is 17.6 Å². The second-order valence-electron chi connectivity index (χ2n) is 8.12. The Morgan fingerprint density at radius 2 is 1.26 bits per heavy atom. The van der Waals surface area contributed by atoms with Crippen LogP contribution in [0, 0.1) is 23.3 Å². The fourth-order valence-electron chi connectivity index (χ4n) is 4.09. The highest BCUT2D eigenvalue weighted by Gasteiger charge is 2.34. The summed E-state index contributed by atoms with van der Waals surface area (Å²) in [6, 6.07) is 6.32. The van der Waals surface area contributed by atoms with Gasteiger partial charge in [-0.1, -0.05) is 0 Å². The summed E-state index contributed by atoms with van der Waals surface area (Å²) in [5, 5.41) is 17.9. The third-order valence-electron chi connectivity index (χ3n) is 5.57. The van der Waals surface area contributed by atoms with E-state index in [2.05, 4.69) is 0 Å². The molecular weight excluding hydrogens is 589 g/mol. The van der Waals surface area contributed by atoms with E-state index in [9.17, 15) is 35.6 Å². The minimum atomic E-state index is -3.94. The Hall–Kier alpha value is -3.20. The van der Waals surface area contributed by atoms with Crippen molar-refractivity contribution in [2.75, 3.05) is 0 Å². The van der Waals surface area contributed by atoms with Crippen molar-refractivity contribution in [1.29, 1.82) is 0 Å². The molecule has 0 aliphatic carbocycles. The van der Waals surface area contributed by atoms with Crippen molar-refractivity contribution in [2.45, 2.75) is 21.3 Å². The van der Waals surface area contributed by atoms with E-state index in [4.69, 9.17) is 10.2 Å². The number of aromatic carboxylic acids is 2. The Bertz CT molecular complexity index is 1770. The quantitative estimate of drug-likeness (QED) is 0.195. The molecular formula is C24H12F4O6S4. The third-order valence-corrected chi connectivity index (χ3v) is 10.9. The van der Waals surface area contributed by atoms with Gasteiger partial charge in [-0.3, -0.25) is 0 Å². The Kier molecular flexibility index (Phi) is 6.62. The second kappa shape index (κ2) is 9.52. The van der Waals surface area contributed by atoms with Gasteiger partial charge in [-0.2, -0.15) is 0 Å². The van der Waals surface area contributed by atoms with Crippen molar-refractivity contribution in [3.05, 3.63) is 80.5 Å². The number of halogens is 4. The number of thioether (sulfide) groups is 1. The van der Waals surface area contributed by atoms with E-state index >= 15 is 0 Å². The van der Waals surface area contributed by atoms with Crippen molar-refractivity contribution in [1.82, 2.24) is 0 Å². The molecule has 2 aromatic carbocycles. The van der Waals surface area contributed by atoms with Crippen LogP contribution >= 0.6 is 34.4 Å². The normalized spacial score (nSPS) is 14.3. The number of benzene rings is 2. The number of hydrogen-bond donors (Lipinski definition) is 2. The van der Waals surface area contributed by atoms with Crippen LogP contribution in [0.25, 0.3) is 20.9 Å². The van der Waals surface area contributed by atoms with Gasteiger partial charge in [0.1, 0.15) is 37.9 Å². The lowest BCUT2D eigenvalue weighted by Crippen LogP contribution is -2.13. The number of carboxylic acids is 2. The van der Waals surface area contributed by atoms with Crippen LogP contribution in [0.3, 0.4) is 0 Å². The Balaban J connectivity index is 0.000000156. The smallest absolute Gasteiger partial charge is 0.345 e. The van der Waals surface area contributed by atoms with Crippen LogP contribution < -0.4 is 0 Å². The number of carboxylic acid groups (broad SMARTS) is 2. The van der Waals surface area contributed by atoms with Crippen molar-refractivity contribution < 1.29 is 45.8 Å². The van der Waals surface area contributed by atoms with Crippen LogP contribution in [0.2, 0.25) is 0 Å². The van der Waals surface area contributed by atoms with E-state index in [-0.39, 0.29) is 25.8 Å². The molecule has 2 aliphatic rings. The first-order valence-electron chi connectivity index (χ1n) is 10.4. The molecule has 2 aliphatic heterocycles. The molecule has 0 bridgehead atoms. The van der Waals surface area contributed by atoms with Gasteiger partial charge in [0.2, 0.25) is 0 Å². The van der Waals surface area contributed by atoms with Gasteiger partial charge in [-0.05, 0) is 35.4 Å². The summed E-state index contributed by atoms with van der Waals surface area (Å²) < 4.78 is 78.0. The summed E-state index contributed by atoms with van der Waals surface area (Å²) in [7, 11) is -3.94. The van der Waals surface area contributed by atoms with Crippen molar-refractivity contribution in [3.63, 3.8) is 0 Å². The van der Waals surface area contributed by atoms with Gasteiger partial charge in [0.25, 0.3) is 0 Å². The standard InChI is InChI=1S/C12H6F2O4S2.C12H6F2O2S2/c13-6-2-7-10-5(1-9(19-10)12(15)16)4-20(17,18)11(7)8(14)3-6;13-6-2-7-10-5(1-9(18-10)12(15)16)4-17-11(7)8(14)3-6/h1-3H,4H2,(H,15,16);1-3H,4H2,(H,15,16). The highest BCUT2D eigenvalue weighted by Crippen LogP contribution is 2.47. The molecule has 0 radical (unpaired) electrons. The first-order chi connectivity index (χ1) is 17.9. The minimum absolute atomic E-state index is 0.0669. The molecule has 4 aromatic rings. The summed E-state index contributed by atoms with van der Waals surface area (Å²) in [4.78, 5) is 22.7. The van der Waals surface area contributed by atoms with E-state index in [1.807, 2.05) is 0 Å². The van der Waals surface area contributed by atoms with E-state index in [0.717, 1.165) is 40.4 Å². The Morgan fingerprint density at radius 3 is 1.87 bits per heavy atom. The zero-order chi connectivity index (χ0) is 27.5. The van der Waals surface area contributed by atoms with Gasteiger partial charge < -0.3 is 10.2 Å². The molecule has 2 N–H and O–H groups in total. The molecule has 0 saturated heterocycles. The number of carbonyl (C=O) groups is 2. The molecule has 6 nitrogen and oxygen atoms in total. The van der Waals surface area contributed by atoms with Crippen LogP contribution in [0.1, 0.15) is 30.5 Å². The zero-order valence-corrected chi connectivity index (χ0v) is 21.8. The van der Waals surface area contributed by atoms with Crippen molar-refractivity contribution >= 4 is 56.2 Å². The Morgan fingerprint density at radius 1 is 0.737 bits per heavy atom. The third kappa shape index (κ3) is 4.61. The lowest BCUT2D eigenvalue weighted by Gasteiger charge is -2.17. The lowest BCUT2D eigenvalue weighted by atomic mass is 10.1. The number of sulfone groups is 1. The topological polar surface area (TPSA) is 109 Å². The van der Waals surface area contributed by atoms with Gasteiger partial charge in [0.15, 0.2) is 9.84 Å². The van der Waals surface area contributed by atoms with E-state index in [1.54, 1.807) is 6.07 Å². The van der Waals surface area contributed by atoms with Gasteiger partial charge in [0, 0.05) is 38.8 Å². The maximum Gasteiger partial charge on any atom is 0.345 e. The van der Waals surface area contributed by atoms with E-state index in [0.29, 0.717) is 27.2 Å². The lowest BCUT2D eigenvalue weighted by molar-refractivity contribution is 0.0691. The molecule has 0 amide bonds. The van der Waals surface area contributed by atoms with Crippen LogP contribution in [-0.2, 0) is 21.3 Å². The minimum Gasteiger partial charge on any atom is -0.477 e. The predicted octanol–water partition coefficient (Wildman–Crippen LogP) is 6.68. The summed E-state index contributed by atoms with van der Waals surface area (Å²) in [6.45, 7) is 0. The fraction of sp³-hybridized carbons (Fsp3) is 0.0833. The molecule has 2 aromatic heterocycles. The number of fused-ring (bicyclic) bond motifs is 6. The highest BCUT2D eigenvalue weighted by molar-refractivity contribution is 7.98. The molecule has 0 unspecified atom stereocenters. The monoisotopic (exact) mass is 600 g/mol. The number of thiophene rings is 2. The highest BCUT2D eigenvalue weighted by atomic mass is 32.2. The summed E-state index contributed by atoms with van der Waals surface area (Å²) in [6.07, 6.45) is 0. The molecule has 6 rings (SSSR count). The predicted molar refractivity (Wildman–Crippen MR) is 134 cm³/mol. The van der Waals surface area contributed by atoms with Gasteiger partial charge in [-0.15, -0.1) is 34.4 Å². The van der Waals surface area contributed by atoms with Gasteiger partial charge in [0.05, 0.1) is 10.6 Å².